The van der Waals surface area contributed by atoms with E-state index in [2.05, 4.69) is 11.8 Å². The average Bonchev–Trinajstić information content (AvgIpc) is 3.13. The fourth-order valence-electron chi connectivity index (χ4n) is 3.78. The van der Waals surface area contributed by atoms with E-state index in [1.165, 1.54) is 17.3 Å². The second kappa shape index (κ2) is 9.90. The van der Waals surface area contributed by atoms with Crippen molar-refractivity contribution in [2.45, 2.75) is 43.5 Å². The van der Waals surface area contributed by atoms with Crippen LogP contribution in [-0.2, 0) is 24.1 Å². The van der Waals surface area contributed by atoms with Crippen molar-refractivity contribution >= 4 is 27.5 Å². The van der Waals surface area contributed by atoms with Gasteiger partial charge in [0.2, 0.25) is 0 Å². The number of benzene rings is 1. The molecule has 174 valence electrons. The summed E-state index contributed by atoms with van der Waals surface area (Å²) in [6, 6.07) is 7.12. The Hall–Kier alpha value is -2.61. The number of cyclic esters (lactones) is 1. The van der Waals surface area contributed by atoms with Crippen LogP contribution in [-0.4, -0.2) is 62.5 Å². The molecule has 32 heavy (non-hydrogen) atoms. The summed E-state index contributed by atoms with van der Waals surface area (Å²) < 4.78 is 33.0. The van der Waals surface area contributed by atoms with Crippen LogP contribution in [0.4, 0.5) is 10.5 Å². The Labute approximate surface area is 187 Å². The summed E-state index contributed by atoms with van der Waals surface area (Å²) in [5.74, 6) is 5.84. The molecular weight excluding hydrogens is 436 g/mol. The second-order valence-electron chi connectivity index (χ2n) is 8.37. The number of anilines is 1. The molecule has 2 amide bonds. The van der Waals surface area contributed by atoms with Gasteiger partial charge in [-0.1, -0.05) is 11.8 Å². The summed E-state index contributed by atoms with van der Waals surface area (Å²) in [4.78, 5) is 25.7. The van der Waals surface area contributed by atoms with Crippen LogP contribution >= 0.6 is 0 Å². The predicted molar refractivity (Wildman–Crippen MR) is 117 cm³/mol. The summed E-state index contributed by atoms with van der Waals surface area (Å²) in [5, 5.41) is 8.95. The van der Waals surface area contributed by atoms with Crippen LogP contribution in [0.2, 0.25) is 0 Å². The molecule has 2 heterocycles. The largest absolute Gasteiger partial charge is 0.444 e. The molecule has 1 aromatic carbocycles. The second-order valence-corrected chi connectivity index (χ2v) is 10.8. The molecule has 9 nitrogen and oxygen atoms in total. The predicted octanol–water partition coefficient (Wildman–Crippen LogP) is 1.88. The lowest BCUT2D eigenvalue weighted by Gasteiger charge is -2.26. The van der Waals surface area contributed by atoms with E-state index in [1.54, 1.807) is 12.1 Å². The minimum atomic E-state index is -3.89. The first kappa shape index (κ1) is 24.0. The van der Waals surface area contributed by atoms with Gasteiger partial charge in [0.05, 0.1) is 6.54 Å². The highest BCUT2D eigenvalue weighted by atomic mass is 32.2. The van der Waals surface area contributed by atoms with Crippen LogP contribution in [0.15, 0.2) is 24.3 Å². The Morgan fingerprint density at radius 2 is 1.94 bits per heavy atom. The first-order valence-electron chi connectivity index (χ1n) is 10.4. The summed E-state index contributed by atoms with van der Waals surface area (Å²) in [6.45, 7) is 2.86. The van der Waals surface area contributed by atoms with E-state index in [0.29, 0.717) is 11.6 Å². The van der Waals surface area contributed by atoms with E-state index < -0.39 is 32.7 Å². The molecule has 2 N–H and O–H groups in total. The lowest BCUT2D eigenvalue weighted by Crippen LogP contribution is -2.51. The molecule has 0 aliphatic carbocycles. The molecule has 0 radical (unpaired) electrons. The van der Waals surface area contributed by atoms with Gasteiger partial charge in [-0.3, -0.25) is 14.9 Å². The summed E-state index contributed by atoms with van der Waals surface area (Å²) >= 11 is 0. The fraction of sp³-hybridized carbons (Fsp3) is 0.545. The van der Waals surface area contributed by atoms with Gasteiger partial charge in [-0.2, -0.15) is 0 Å². The molecule has 0 saturated carbocycles. The average molecular weight is 465 g/mol. The van der Waals surface area contributed by atoms with Crippen LogP contribution < -0.4 is 10.4 Å². The minimum Gasteiger partial charge on any atom is -0.444 e. The molecule has 2 atom stereocenters. The van der Waals surface area contributed by atoms with Gasteiger partial charge in [0.1, 0.15) is 6.10 Å². The highest BCUT2D eigenvalue weighted by molar-refractivity contribution is 7.92. The highest BCUT2D eigenvalue weighted by Gasteiger charge is 2.48. The third-order valence-electron chi connectivity index (χ3n) is 6.03. The molecule has 1 aromatic rings. The van der Waals surface area contributed by atoms with Crippen molar-refractivity contribution in [1.29, 1.82) is 0 Å². The van der Waals surface area contributed by atoms with Crippen molar-refractivity contribution in [1.82, 2.24) is 5.48 Å². The third kappa shape index (κ3) is 5.41. The van der Waals surface area contributed by atoms with Crippen molar-refractivity contribution in [2.24, 2.45) is 5.92 Å². The summed E-state index contributed by atoms with van der Waals surface area (Å²) in [5.41, 5.74) is 2.80. The van der Waals surface area contributed by atoms with Crippen LogP contribution in [0, 0.1) is 17.8 Å². The van der Waals surface area contributed by atoms with Gasteiger partial charge in [-0.25, -0.2) is 18.7 Å². The van der Waals surface area contributed by atoms with E-state index in [-0.39, 0.29) is 13.0 Å². The van der Waals surface area contributed by atoms with Gasteiger partial charge in [0, 0.05) is 43.6 Å². The van der Waals surface area contributed by atoms with Crippen LogP contribution in [0.1, 0.15) is 38.2 Å². The molecule has 2 fully saturated rings. The monoisotopic (exact) mass is 464 g/mol. The standard InChI is InChI=1S/C22H28N2O7S/c1-22(20(25)23-27,32(2,28)29)14-19-15-24(21(26)31-19)18-8-6-16(7-9-18)4-3-5-17-10-12-30-13-11-17/h6-9,17,19,27H,5,10-15H2,1-2H3,(H,23,25). The van der Waals surface area contributed by atoms with E-state index in [4.69, 9.17) is 14.7 Å². The third-order valence-corrected chi connectivity index (χ3v) is 8.02. The van der Waals surface area contributed by atoms with Crippen molar-refractivity contribution in [3.05, 3.63) is 29.8 Å². The van der Waals surface area contributed by atoms with E-state index in [0.717, 1.165) is 44.3 Å². The Bertz CT molecular complexity index is 1010. The Morgan fingerprint density at radius 3 is 2.53 bits per heavy atom. The molecule has 2 saturated heterocycles. The van der Waals surface area contributed by atoms with Gasteiger partial charge in [-0.15, -0.1) is 0 Å². The smallest absolute Gasteiger partial charge is 0.414 e. The molecule has 0 spiro atoms. The quantitative estimate of drug-likeness (QED) is 0.374. The van der Waals surface area contributed by atoms with E-state index in [1.807, 2.05) is 12.1 Å². The Morgan fingerprint density at radius 1 is 1.28 bits per heavy atom. The SMILES string of the molecule is CC(CC1CN(c2ccc(C#CCC3CCOCC3)cc2)C(=O)O1)(C(=O)NO)S(C)(=O)=O. The Balaban J connectivity index is 1.64. The Kier molecular flexibility index (Phi) is 7.44. The molecule has 2 unspecified atom stereocenters. The van der Waals surface area contributed by atoms with Crippen molar-refractivity contribution in [2.75, 3.05) is 30.9 Å². The highest BCUT2D eigenvalue weighted by Crippen LogP contribution is 2.30. The molecule has 10 heteroatoms. The number of rotatable bonds is 6. The number of nitrogens with zero attached hydrogens (tertiary/aromatic N) is 1. The first-order valence-corrected chi connectivity index (χ1v) is 12.3. The summed E-state index contributed by atoms with van der Waals surface area (Å²) in [7, 11) is -3.89. The minimum absolute atomic E-state index is 0.0808. The van der Waals surface area contributed by atoms with E-state index >= 15 is 0 Å². The van der Waals surface area contributed by atoms with Gasteiger partial charge in [-0.05, 0) is 49.9 Å². The number of ether oxygens (including phenoxy) is 2. The molecule has 3 rings (SSSR count). The van der Waals surface area contributed by atoms with Gasteiger partial charge in [0.25, 0.3) is 5.91 Å². The van der Waals surface area contributed by atoms with Crippen LogP contribution in [0.3, 0.4) is 0 Å². The zero-order valence-corrected chi connectivity index (χ0v) is 19.0. The molecular formula is C22H28N2O7S. The maximum atomic E-state index is 12.4. The maximum absolute atomic E-state index is 12.4. The van der Waals surface area contributed by atoms with Gasteiger partial charge < -0.3 is 9.47 Å². The molecule has 0 aromatic heterocycles. The van der Waals surface area contributed by atoms with Crippen LogP contribution in [0.25, 0.3) is 0 Å². The van der Waals surface area contributed by atoms with E-state index in [9.17, 15) is 18.0 Å². The number of hydroxylamine groups is 1. The molecule has 0 bridgehead atoms. The van der Waals surface area contributed by atoms with Gasteiger partial charge in [0.15, 0.2) is 14.6 Å². The van der Waals surface area contributed by atoms with Crippen molar-refractivity contribution in [3.8, 4) is 11.8 Å². The van der Waals surface area contributed by atoms with Gasteiger partial charge >= 0.3 is 6.09 Å². The number of hydrogen-bond acceptors (Lipinski definition) is 7. The number of carbonyl (C=O) groups is 2. The first-order chi connectivity index (χ1) is 15.1. The lowest BCUT2D eigenvalue weighted by molar-refractivity contribution is -0.132. The topological polar surface area (TPSA) is 122 Å². The lowest BCUT2D eigenvalue weighted by atomic mass is 9.97. The summed E-state index contributed by atoms with van der Waals surface area (Å²) in [6.07, 6.45) is 2.04. The van der Waals surface area contributed by atoms with Crippen molar-refractivity contribution < 1.29 is 32.7 Å². The zero-order chi connectivity index (χ0) is 23.4. The fourth-order valence-corrected chi connectivity index (χ4v) is 4.65. The molecule has 2 aliphatic rings. The number of amides is 2. The van der Waals surface area contributed by atoms with Crippen molar-refractivity contribution in [3.63, 3.8) is 0 Å². The number of carbonyl (C=O) groups excluding carboxylic acids is 2. The number of sulfone groups is 1. The zero-order valence-electron chi connectivity index (χ0n) is 18.2. The number of nitrogens with one attached hydrogen (secondary N) is 1. The normalized spacial score (nSPS) is 21.3. The number of hydrogen-bond donors (Lipinski definition) is 2. The van der Waals surface area contributed by atoms with Crippen LogP contribution in [0.5, 0.6) is 0 Å². The molecule has 2 aliphatic heterocycles. The maximum Gasteiger partial charge on any atom is 0.414 e.